The van der Waals surface area contributed by atoms with Crippen molar-refractivity contribution in [3.05, 3.63) is 53.6 Å². The average Bonchev–Trinajstić information content (AvgIpc) is 3.70. The van der Waals surface area contributed by atoms with E-state index < -0.39 is 11.7 Å². The SMILES string of the molecule is CN(C)C(=O)N(C)[C@@H]1CCN(c2n[nH]c3nccc(-c4ccc(CNC(=O)c5nc(C(C)(C)C)no5)c(F)c4)c23)C1. The van der Waals surface area contributed by atoms with Crippen molar-refractivity contribution in [2.24, 2.45) is 0 Å². The molecule has 1 aromatic carbocycles. The van der Waals surface area contributed by atoms with Gasteiger partial charge in [0.05, 0.1) is 11.4 Å². The van der Waals surface area contributed by atoms with Crippen LogP contribution in [0.1, 0.15) is 49.3 Å². The molecule has 4 aromatic rings. The molecule has 1 fully saturated rings. The van der Waals surface area contributed by atoms with Gasteiger partial charge in [-0.05, 0) is 29.7 Å². The second-order valence-corrected chi connectivity index (χ2v) is 11.5. The topological polar surface area (TPSA) is 136 Å². The molecule has 0 radical (unpaired) electrons. The summed E-state index contributed by atoms with van der Waals surface area (Å²) in [5.74, 6) is -0.0813. The van der Waals surface area contributed by atoms with Crippen molar-refractivity contribution in [2.75, 3.05) is 39.1 Å². The minimum absolute atomic E-state index is 0.0379. The first-order valence-corrected chi connectivity index (χ1v) is 13.4. The van der Waals surface area contributed by atoms with Crippen molar-refractivity contribution in [1.29, 1.82) is 0 Å². The Kier molecular flexibility index (Phi) is 7.37. The zero-order valence-corrected chi connectivity index (χ0v) is 24.0. The Hall–Kier alpha value is -4.55. The number of likely N-dealkylation sites (N-methyl/N-ethyl adjacent to an activating group) is 1. The molecule has 0 saturated carbocycles. The average molecular weight is 564 g/mol. The monoisotopic (exact) mass is 563 g/mol. The zero-order valence-electron chi connectivity index (χ0n) is 24.0. The minimum Gasteiger partial charge on any atom is -0.352 e. The number of anilines is 1. The van der Waals surface area contributed by atoms with E-state index in [1.807, 2.05) is 33.9 Å². The van der Waals surface area contributed by atoms with E-state index in [4.69, 9.17) is 4.52 Å². The number of aromatic nitrogens is 5. The number of halogens is 1. The second-order valence-electron chi connectivity index (χ2n) is 11.5. The van der Waals surface area contributed by atoms with Crippen LogP contribution in [0, 0.1) is 5.82 Å². The van der Waals surface area contributed by atoms with Crippen LogP contribution in [0.5, 0.6) is 0 Å². The normalized spacial score (nSPS) is 15.4. The van der Waals surface area contributed by atoms with Gasteiger partial charge >= 0.3 is 17.8 Å². The van der Waals surface area contributed by atoms with E-state index in [1.54, 1.807) is 42.2 Å². The quantitative estimate of drug-likeness (QED) is 0.363. The summed E-state index contributed by atoms with van der Waals surface area (Å²) >= 11 is 0. The summed E-state index contributed by atoms with van der Waals surface area (Å²) in [5, 5.41) is 14.8. The molecule has 4 heterocycles. The van der Waals surface area contributed by atoms with Crippen molar-refractivity contribution in [1.82, 2.24) is 40.4 Å². The lowest BCUT2D eigenvalue weighted by Crippen LogP contribution is -2.44. The van der Waals surface area contributed by atoms with Crippen LogP contribution in [-0.4, -0.2) is 87.3 Å². The maximum Gasteiger partial charge on any atom is 0.319 e. The van der Waals surface area contributed by atoms with E-state index in [0.29, 0.717) is 41.5 Å². The summed E-state index contributed by atoms with van der Waals surface area (Å²) in [6.45, 7) is 7.02. The smallest absolute Gasteiger partial charge is 0.319 e. The molecule has 1 aliphatic heterocycles. The lowest BCUT2D eigenvalue weighted by atomic mass is 9.96. The number of hydrogen-bond acceptors (Lipinski definition) is 8. The Morgan fingerprint density at radius 1 is 1.22 bits per heavy atom. The molecule has 3 aromatic heterocycles. The number of aromatic amines is 1. The summed E-state index contributed by atoms with van der Waals surface area (Å²) in [7, 11) is 5.28. The van der Waals surface area contributed by atoms with Crippen LogP contribution in [0.15, 0.2) is 35.0 Å². The number of nitrogens with one attached hydrogen (secondary N) is 2. The Labute approximate surface area is 236 Å². The molecule has 0 spiro atoms. The van der Waals surface area contributed by atoms with E-state index in [2.05, 4.69) is 35.5 Å². The summed E-state index contributed by atoms with van der Waals surface area (Å²) in [6, 6.07) is 6.69. The Morgan fingerprint density at radius 2 is 2.00 bits per heavy atom. The molecule has 0 aliphatic carbocycles. The van der Waals surface area contributed by atoms with E-state index in [-0.39, 0.29) is 29.9 Å². The number of fused-ring (bicyclic) bond motifs is 1. The summed E-state index contributed by atoms with van der Waals surface area (Å²) < 4.78 is 20.3. The van der Waals surface area contributed by atoms with Gasteiger partial charge in [-0.15, -0.1) is 0 Å². The highest BCUT2D eigenvalue weighted by Crippen LogP contribution is 2.35. The predicted molar refractivity (Wildman–Crippen MR) is 151 cm³/mol. The number of pyridine rings is 1. The summed E-state index contributed by atoms with van der Waals surface area (Å²) in [6.07, 6.45) is 2.45. The van der Waals surface area contributed by atoms with Gasteiger partial charge in [0.15, 0.2) is 17.3 Å². The van der Waals surface area contributed by atoms with Gasteiger partial charge in [-0.25, -0.2) is 14.2 Å². The molecule has 0 bridgehead atoms. The number of rotatable bonds is 6. The van der Waals surface area contributed by atoms with E-state index in [1.165, 1.54) is 6.07 Å². The highest BCUT2D eigenvalue weighted by Gasteiger charge is 2.32. The van der Waals surface area contributed by atoms with Gasteiger partial charge in [0.2, 0.25) is 0 Å². The Morgan fingerprint density at radius 3 is 2.68 bits per heavy atom. The van der Waals surface area contributed by atoms with Crippen LogP contribution in [0.25, 0.3) is 22.2 Å². The molecule has 3 amide bonds. The van der Waals surface area contributed by atoms with E-state index >= 15 is 4.39 Å². The molecule has 13 heteroatoms. The highest BCUT2D eigenvalue weighted by molar-refractivity contribution is 6.00. The van der Waals surface area contributed by atoms with E-state index in [9.17, 15) is 9.59 Å². The fraction of sp³-hybridized carbons (Fsp3) is 0.429. The maximum absolute atomic E-state index is 15.3. The van der Waals surface area contributed by atoms with Crippen molar-refractivity contribution in [2.45, 2.75) is 45.2 Å². The largest absolute Gasteiger partial charge is 0.352 e. The van der Waals surface area contributed by atoms with Crippen LogP contribution < -0.4 is 10.2 Å². The van der Waals surface area contributed by atoms with Crippen LogP contribution in [-0.2, 0) is 12.0 Å². The molecule has 216 valence electrons. The molecule has 2 N–H and O–H groups in total. The number of carbonyl (C=O) groups excluding carboxylic acids is 2. The number of amides is 3. The fourth-order valence-electron chi connectivity index (χ4n) is 4.86. The molecule has 0 unspecified atom stereocenters. The number of nitrogens with zero attached hydrogens (tertiary/aromatic N) is 7. The van der Waals surface area contributed by atoms with Crippen LogP contribution in [0.3, 0.4) is 0 Å². The van der Waals surface area contributed by atoms with Gasteiger partial charge in [0.25, 0.3) is 0 Å². The number of benzene rings is 1. The predicted octanol–water partition coefficient (Wildman–Crippen LogP) is 3.57. The van der Waals surface area contributed by atoms with Crippen molar-refractivity contribution in [3.8, 4) is 11.1 Å². The number of urea groups is 1. The van der Waals surface area contributed by atoms with Crippen molar-refractivity contribution in [3.63, 3.8) is 0 Å². The van der Waals surface area contributed by atoms with Gasteiger partial charge in [0.1, 0.15) is 5.82 Å². The van der Waals surface area contributed by atoms with Gasteiger partial charge in [0, 0.05) is 58.0 Å². The first-order chi connectivity index (χ1) is 19.4. The van der Waals surface area contributed by atoms with Gasteiger partial charge in [-0.3, -0.25) is 9.89 Å². The molecular weight excluding hydrogens is 529 g/mol. The molecule has 5 rings (SSSR count). The Balaban J connectivity index is 1.34. The van der Waals surface area contributed by atoms with Crippen molar-refractivity contribution >= 4 is 28.8 Å². The Bertz CT molecular complexity index is 1590. The zero-order chi connectivity index (χ0) is 29.5. The third kappa shape index (κ3) is 5.56. The lowest BCUT2D eigenvalue weighted by Gasteiger charge is -2.27. The molecular formula is C28H34FN9O3. The number of H-pyrrole nitrogens is 1. The standard InChI is InChI=1S/C28H34FN9O3/c1-28(2,3)26-32-25(41-35-26)24(39)31-14-17-8-7-16(13-20(17)29)19-9-11-30-22-21(19)23(34-33-22)38-12-10-18(15-38)37(6)27(40)36(4)5/h7-9,11,13,18H,10,12,14-15H2,1-6H3,(H,31,39)(H,30,33,34)/t18-/m1/s1. The van der Waals surface area contributed by atoms with Crippen LogP contribution in [0.4, 0.5) is 15.0 Å². The van der Waals surface area contributed by atoms with Crippen LogP contribution in [0.2, 0.25) is 0 Å². The second kappa shape index (κ2) is 10.8. The number of carbonyl (C=O) groups is 2. The van der Waals surface area contributed by atoms with Gasteiger partial charge in [-0.1, -0.05) is 38.1 Å². The molecule has 12 nitrogen and oxygen atoms in total. The van der Waals surface area contributed by atoms with Gasteiger partial charge in [-0.2, -0.15) is 10.1 Å². The van der Waals surface area contributed by atoms with E-state index in [0.717, 1.165) is 17.4 Å². The first-order valence-electron chi connectivity index (χ1n) is 13.4. The summed E-state index contributed by atoms with van der Waals surface area (Å²) in [5.41, 5.74) is 1.95. The van der Waals surface area contributed by atoms with Crippen molar-refractivity contribution < 1.29 is 18.5 Å². The first kappa shape index (κ1) is 28.0. The third-order valence-corrected chi connectivity index (χ3v) is 7.23. The molecule has 1 aliphatic rings. The maximum atomic E-state index is 15.3. The fourth-order valence-corrected chi connectivity index (χ4v) is 4.86. The molecule has 41 heavy (non-hydrogen) atoms. The minimum atomic E-state index is -0.572. The molecule has 1 saturated heterocycles. The third-order valence-electron chi connectivity index (χ3n) is 7.23. The summed E-state index contributed by atoms with van der Waals surface area (Å²) in [4.78, 5) is 39.0. The lowest BCUT2D eigenvalue weighted by molar-refractivity contribution is 0.0906. The highest BCUT2D eigenvalue weighted by atomic mass is 19.1. The van der Waals surface area contributed by atoms with Crippen LogP contribution >= 0.6 is 0 Å². The molecule has 1 atom stereocenters. The van der Waals surface area contributed by atoms with Gasteiger partial charge < -0.3 is 24.5 Å². The number of hydrogen-bond donors (Lipinski definition) is 2.